The molecule has 1 fully saturated rings. The molecule has 2 N–H and O–H groups in total. The van der Waals surface area contributed by atoms with Crippen LogP contribution in [-0.2, 0) is 16.0 Å². The molecule has 1 aliphatic rings. The molecule has 158 valence electrons. The number of nitrogens with one attached hydrogen (secondary N) is 2. The summed E-state index contributed by atoms with van der Waals surface area (Å²) < 4.78 is 10.4. The van der Waals surface area contributed by atoms with Gasteiger partial charge < -0.3 is 20.1 Å². The smallest absolute Gasteiger partial charge is 0.324 e. The Morgan fingerprint density at radius 3 is 2.50 bits per heavy atom. The SMILES string of the molecule is COc1ccc(NC(=O)CC[C@H]2NC(=O)N(CCc3ccccc3)C2=O)cc1OC. The van der Waals surface area contributed by atoms with Gasteiger partial charge >= 0.3 is 6.03 Å². The highest BCUT2D eigenvalue weighted by molar-refractivity contribution is 6.04. The van der Waals surface area contributed by atoms with Crippen LogP contribution in [0, 0.1) is 0 Å². The zero-order valence-corrected chi connectivity index (χ0v) is 17.0. The highest BCUT2D eigenvalue weighted by Crippen LogP contribution is 2.29. The first-order chi connectivity index (χ1) is 14.5. The van der Waals surface area contributed by atoms with Crippen molar-refractivity contribution in [3.05, 3.63) is 54.1 Å². The lowest BCUT2D eigenvalue weighted by Gasteiger charge is -2.13. The van der Waals surface area contributed by atoms with Crippen molar-refractivity contribution in [3.63, 3.8) is 0 Å². The molecule has 3 rings (SSSR count). The van der Waals surface area contributed by atoms with Crippen LogP contribution >= 0.6 is 0 Å². The predicted octanol–water partition coefficient (Wildman–Crippen LogP) is 2.59. The first-order valence-electron chi connectivity index (χ1n) is 9.69. The zero-order valence-electron chi connectivity index (χ0n) is 17.0. The highest BCUT2D eigenvalue weighted by Gasteiger charge is 2.37. The molecular formula is C22H25N3O5. The molecular weight excluding hydrogens is 386 g/mol. The molecule has 0 radical (unpaired) electrons. The molecule has 30 heavy (non-hydrogen) atoms. The maximum Gasteiger partial charge on any atom is 0.324 e. The minimum absolute atomic E-state index is 0.0948. The van der Waals surface area contributed by atoms with Gasteiger partial charge in [-0.1, -0.05) is 30.3 Å². The van der Waals surface area contributed by atoms with Crippen molar-refractivity contribution in [1.29, 1.82) is 0 Å². The number of hydrogen-bond donors (Lipinski definition) is 2. The molecule has 1 saturated heterocycles. The van der Waals surface area contributed by atoms with E-state index < -0.39 is 12.1 Å². The maximum absolute atomic E-state index is 12.5. The van der Waals surface area contributed by atoms with Crippen molar-refractivity contribution in [3.8, 4) is 11.5 Å². The number of amides is 4. The van der Waals surface area contributed by atoms with Crippen molar-refractivity contribution >= 4 is 23.5 Å². The normalized spacial score (nSPS) is 15.7. The average molecular weight is 411 g/mol. The summed E-state index contributed by atoms with van der Waals surface area (Å²) in [5.41, 5.74) is 1.61. The molecule has 0 aliphatic carbocycles. The van der Waals surface area contributed by atoms with E-state index in [9.17, 15) is 14.4 Å². The van der Waals surface area contributed by atoms with E-state index in [0.29, 0.717) is 30.2 Å². The Morgan fingerprint density at radius 1 is 1.07 bits per heavy atom. The van der Waals surface area contributed by atoms with Crippen LogP contribution < -0.4 is 20.1 Å². The largest absolute Gasteiger partial charge is 0.493 e. The summed E-state index contributed by atoms with van der Waals surface area (Å²) in [6.45, 7) is 0.309. The number of nitrogens with zero attached hydrogens (tertiary/aromatic N) is 1. The van der Waals surface area contributed by atoms with Crippen LogP contribution in [0.3, 0.4) is 0 Å². The number of benzene rings is 2. The van der Waals surface area contributed by atoms with Gasteiger partial charge in [0.05, 0.1) is 14.2 Å². The third-order valence-corrected chi connectivity index (χ3v) is 4.90. The number of methoxy groups -OCH3 is 2. The lowest BCUT2D eigenvalue weighted by Crippen LogP contribution is -2.33. The summed E-state index contributed by atoms with van der Waals surface area (Å²) in [6, 6.07) is 13.6. The van der Waals surface area contributed by atoms with Gasteiger partial charge in [-0.05, 0) is 30.5 Å². The number of imide groups is 1. The van der Waals surface area contributed by atoms with E-state index in [1.807, 2.05) is 30.3 Å². The third-order valence-electron chi connectivity index (χ3n) is 4.90. The second-order valence-electron chi connectivity index (χ2n) is 6.88. The Bertz CT molecular complexity index is 916. The van der Waals surface area contributed by atoms with E-state index in [4.69, 9.17) is 9.47 Å². The number of rotatable bonds is 9. The number of carbonyl (C=O) groups excluding carboxylic acids is 3. The predicted molar refractivity (Wildman–Crippen MR) is 112 cm³/mol. The summed E-state index contributed by atoms with van der Waals surface area (Å²) in [5.74, 6) is 0.509. The second-order valence-corrected chi connectivity index (χ2v) is 6.88. The van der Waals surface area contributed by atoms with Crippen molar-refractivity contribution in [2.75, 3.05) is 26.1 Å². The van der Waals surface area contributed by atoms with Gasteiger partial charge in [0.2, 0.25) is 5.91 Å². The van der Waals surface area contributed by atoms with E-state index in [-0.39, 0.29) is 24.7 Å². The van der Waals surface area contributed by atoms with Crippen LogP contribution in [-0.4, -0.2) is 49.6 Å². The van der Waals surface area contributed by atoms with Crippen molar-refractivity contribution in [2.45, 2.75) is 25.3 Å². The Morgan fingerprint density at radius 2 is 1.80 bits per heavy atom. The summed E-state index contributed by atoms with van der Waals surface area (Å²) in [4.78, 5) is 38.2. The lowest BCUT2D eigenvalue weighted by molar-refractivity contribution is -0.127. The van der Waals surface area contributed by atoms with Gasteiger partial charge in [0.25, 0.3) is 5.91 Å². The molecule has 0 bridgehead atoms. The Hall–Kier alpha value is -3.55. The number of hydrogen-bond acceptors (Lipinski definition) is 5. The third kappa shape index (κ3) is 5.08. The first kappa shape index (κ1) is 21.2. The van der Waals surface area contributed by atoms with Gasteiger partial charge in [-0.25, -0.2) is 4.79 Å². The van der Waals surface area contributed by atoms with Gasteiger partial charge in [-0.2, -0.15) is 0 Å². The molecule has 0 saturated carbocycles. The lowest BCUT2D eigenvalue weighted by atomic mass is 10.1. The molecule has 2 aromatic carbocycles. The molecule has 1 aliphatic heterocycles. The fourth-order valence-corrected chi connectivity index (χ4v) is 3.28. The van der Waals surface area contributed by atoms with Crippen molar-refractivity contribution < 1.29 is 23.9 Å². The van der Waals surface area contributed by atoms with Gasteiger partial charge in [0.15, 0.2) is 11.5 Å². The van der Waals surface area contributed by atoms with Crippen LogP contribution in [0.15, 0.2) is 48.5 Å². The summed E-state index contributed by atoms with van der Waals surface area (Å²) in [6.07, 6.45) is 0.912. The van der Waals surface area contributed by atoms with Crippen LogP contribution in [0.25, 0.3) is 0 Å². The zero-order chi connectivity index (χ0) is 21.5. The molecule has 4 amide bonds. The van der Waals surface area contributed by atoms with E-state index in [1.54, 1.807) is 18.2 Å². The molecule has 0 aromatic heterocycles. The monoisotopic (exact) mass is 411 g/mol. The van der Waals surface area contributed by atoms with Gasteiger partial charge in [0, 0.05) is 24.7 Å². The van der Waals surface area contributed by atoms with E-state index in [0.717, 1.165) is 5.56 Å². The number of carbonyl (C=O) groups is 3. The number of urea groups is 1. The minimum atomic E-state index is -0.690. The standard InChI is InChI=1S/C22H25N3O5/c1-29-18-10-8-16(14-19(18)30-2)23-20(26)11-9-17-21(27)25(22(28)24-17)13-12-15-6-4-3-5-7-15/h3-8,10,14,17H,9,11-13H2,1-2H3,(H,23,26)(H,24,28)/t17-/m1/s1. The Balaban J connectivity index is 1.50. The van der Waals surface area contributed by atoms with Crippen molar-refractivity contribution in [1.82, 2.24) is 10.2 Å². The molecule has 8 nitrogen and oxygen atoms in total. The quantitative estimate of drug-likeness (QED) is 0.618. The highest BCUT2D eigenvalue weighted by atomic mass is 16.5. The molecule has 1 heterocycles. The van der Waals surface area contributed by atoms with Crippen LogP contribution in [0.4, 0.5) is 10.5 Å². The van der Waals surface area contributed by atoms with Crippen molar-refractivity contribution in [2.24, 2.45) is 0 Å². The number of anilines is 1. The van der Waals surface area contributed by atoms with Gasteiger partial charge in [0.1, 0.15) is 6.04 Å². The fourth-order valence-electron chi connectivity index (χ4n) is 3.28. The molecule has 0 unspecified atom stereocenters. The van der Waals surface area contributed by atoms with Crippen LogP contribution in [0.2, 0.25) is 0 Å². The Kier molecular flexibility index (Phi) is 6.90. The second kappa shape index (κ2) is 9.78. The fraction of sp³-hybridized carbons (Fsp3) is 0.318. The first-order valence-corrected chi connectivity index (χ1v) is 9.69. The summed E-state index contributed by atoms with van der Waals surface area (Å²) in [7, 11) is 3.05. The minimum Gasteiger partial charge on any atom is -0.493 e. The van der Waals surface area contributed by atoms with Gasteiger partial charge in [-0.15, -0.1) is 0 Å². The molecule has 0 spiro atoms. The van der Waals surface area contributed by atoms with E-state index in [1.165, 1.54) is 19.1 Å². The van der Waals surface area contributed by atoms with Crippen LogP contribution in [0.1, 0.15) is 18.4 Å². The van der Waals surface area contributed by atoms with Gasteiger partial charge in [-0.3, -0.25) is 14.5 Å². The maximum atomic E-state index is 12.5. The summed E-state index contributed by atoms with van der Waals surface area (Å²) >= 11 is 0. The molecule has 2 aromatic rings. The topological polar surface area (TPSA) is 97.0 Å². The Labute approximate surface area is 175 Å². The number of ether oxygens (including phenoxy) is 2. The van der Waals surface area contributed by atoms with E-state index >= 15 is 0 Å². The van der Waals surface area contributed by atoms with Crippen LogP contribution in [0.5, 0.6) is 11.5 Å². The molecule has 8 heteroatoms. The average Bonchev–Trinajstić information content (AvgIpc) is 3.04. The molecule has 1 atom stereocenters. The summed E-state index contributed by atoms with van der Waals surface area (Å²) in [5, 5.41) is 5.43. The van der Waals surface area contributed by atoms with E-state index in [2.05, 4.69) is 10.6 Å².